The first-order chi connectivity index (χ1) is 4.24. The van der Waals surface area contributed by atoms with Crippen LogP contribution in [0.3, 0.4) is 0 Å². The summed E-state index contributed by atoms with van der Waals surface area (Å²) in [6.45, 7) is 3.25. The lowest BCUT2D eigenvalue weighted by Gasteiger charge is -2.37. The minimum Gasteiger partial charge on any atom is -0.396 e. The number of amides is 1. The van der Waals surface area contributed by atoms with Crippen LogP contribution in [0, 0.1) is 5.92 Å². The summed E-state index contributed by atoms with van der Waals surface area (Å²) < 4.78 is 0. The summed E-state index contributed by atoms with van der Waals surface area (Å²) in [5.41, 5.74) is 0. The average Bonchev–Trinajstić information content (AvgIpc) is 1.61. The van der Waals surface area contributed by atoms with Crippen molar-refractivity contribution in [1.82, 2.24) is 4.90 Å². The van der Waals surface area contributed by atoms with Crippen molar-refractivity contribution in [2.24, 2.45) is 5.92 Å². The van der Waals surface area contributed by atoms with E-state index in [1.165, 1.54) is 0 Å². The van der Waals surface area contributed by atoms with E-state index in [0.29, 0.717) is 5.92 Å². The molecule has 0 unspecified atom stereocenters. The summed E-state index contributed by atoms with van der Waals surface area (Å²) in [6, 6.07) is 0. The lowest BCUT2D eigenvalue weighted by atomic mass is 10.0. The number of hydrogen-bond acceptors (Lipinski definition) is 2. The van der Waals surface area contributed by atoms with Crippen molar-refractivity contribution < 1.29 is 9.90 Å². The lowest BCUT2D eigenvalue weighted by molar-refractivity contribution is -0.135. The average molecular weight is 129 g/mol. The van der Waals surface area contributed by atoms with Gasteiger partial charge in [0.15, 0.2) is 0 Å². The van der Waals surface area contributed by atoms with Crippen LogP contribution in [-0.4, -0.2) is 35.6 Å². The Labute approximate surface area is 54.3 Å². The highest BCUT2D eigenvalue weighted by atomic mass is 16.3. The van der Waals surface area contributed by atoms with E-state index in [-0.39, 0.29) is 12.5 Å². The molecule has 1 fully saturated rings. The van der Waals surface area contributed by atoms with Gasteiger partial charge in [0.25, 0.3) is 0 Å². The summed E-state index contributed by atoms with van der Waals surface area (Å²) in [5, 5.41) is 8.55. The molecule has 1 heterocycles. The largest absolute Gasteiger partial charge is 0.396 e. The second-order valence-corrected chi connectivity index (χ2v) is 2.47. The molecule has 1 N–H and O–H groups in total. The number of aliphatic hydroxyl groups is 1. The molecule has 1 aliphatic rings. The van der Waals surface area contributed by atoms with Crippen molar-refractivity contribution in [2.45, 2.75) is 6.92 Å². The molecule has 0 aromatic heterocycles. The number of carbonyl (C=O) groups excluding carboxylic acids is 1. The van der Waals surface area contributed by atoms with Crippen LogP contribution in [-0.2, 0) is 4.79 Å². The van der Waals surface area contributed by atoms with Crippen molar-refractivity contribution in [2.75, 3.05) is 19.7 Å². The van der Waals surface area contributed by atoms with E-state index in [1.807, 2.05) is 0 Å². The van der Waals surface area contributed by atoms with Crippen molar-refractivity contribution in [3.05, 3.63) is 0 Å². The third-order valence-corrected chi connectivity index (χ3v) is 1.66. The SMILES string of the molecule is CC(=O)N1CC(CO)C1. The number of likely N-dealkylation sites (tertiary alicyclic amines) is 1. The Kier molecular flexibility index (Phi) is 1.71. The zero-order valence-electron chi connectivity index (χ0n) is 5.50. The fraction of sp³-hybridized carbons (Fsp3) is 0.833. The molecule has 0 aliphatic carbocycles. The summed E-state index contributed by atoms with van der Waals surface area (Å²) in [5.74, 6) is 0.452. The molecule has 1 aliphatic heterocycles. The van der Waals surface area contributed by atoms with E-state index in [1.54, 1.807) is 11.8 Å². The second-order valence-electron chi connectivity index (χ2n) is 2.47. The summed E-state index contributed by atoms with van der Waals surface area (Å²) >= 11 is 0. The number of carbonyl (C=O) groups is 1. The summed E-state index contributed by atoms with van der Waals surface area (Å²) in [4.78, 5) is 12.3. The van der Waals surface area contributed by atoms with Gasteiger partial charge in [-0.15, -0.1) is 0 Å². The molecule has 1 amide bonds. The van der Waals surface area contributed by atoms with Crippen LogP contribution in [0.5, 0.6) is 0 Å². The van der Waals surface area contributed by atoms with Gasteiger partial charge in [0.1, 0.15) is 0 Å². The van der Waals surface area contributed by atoms with Crippen molar-refractivity contribution in [3.63, 3.8) is 0 Å². The number of nitrogens with zero attached hydrogens (tertiary/aromatic N) is 1. The highest BCUT2D eigenvalue weighted by molar-refractivity contribution is 5.74. The molecule has 0 aromatic rings. The molecule has 3 heteroatoms. The summed E-state index contributed by atoms with van der Waals surface area (Å²) in [6.07, 6.45) is 0. The predicted octanol–water partition coefficient (Wildman–Crippen LogP) is -0.543. The van der Waals surface area contributed by atoms with Gasteiger partial charge in [0.05, 0.1) is 0 Å². The molecule has 1 saturated heterocycles. The van der Waals surface area contributed by atoms with Crippen LogP contribution < -0.4 is 0 Å². The molecule has 0 saturated carbocycles. The molecular weight excluding hydrogens is 118 g/mol. The Hall–Kier alpha value is -0.570. The first-order valence-electron chi connectivity index (χ1n) is 3.10. The Morgan fingerprint density at radius 1 is 1.78 bits per heavy atom. The molecule has 0 bridgehead atoms. The topological polar surface area (TPSA) is 40.5 Å². The second kappa shape index (κ2) is 2.35. The van der Waals surface area contributed by atoms with E-state index in [0.717, 1.165) is 13.1 Å². The van der Waals surface area contributed by atoms with Gasteiger partial charge in [0, 0.05) is 32.5 Å². The molecule has 0 aromatic carbocycles. The number of rotatable bonds is 1. The van der Waals surface area contributed by atoms with Crippen LogP contribution >= 0.6 is 0 Å². The third-order valence-electron chi connectivity index (χ3n) is 1.66. The Bertz CT molecular complexity index is 118. The van der Waals surface area contributed by atoms with E-state index < -0.39 is 0 Å². The molecule has 3 nitrogen and oxygen atoms in total. The van der Waals surface area contributed by atoms with Gasteiger partial charge in [-0.25, -0.2) is 0 Å². The van der Waals surface area contributed by atoms with E-state index in [4.69, 9.17) is 5.11 Å². The minimum absolute atomic E-state index is 0.111. The molecule has 1 rings (SSSR count). The Balaban J connectivity index is 2.19. The van der Waals surface area contributed by atoms with Gasteiger partial charge in [-0.3, -0.25) is 4.79 Å². The van der Waals surface area contributed by atoms with E-state index >= 15 is 0 Å². The smallest absolute Gasteiger partial charge is 0.219 e. The van der Waals surface area contributed by atoms with Crippen LogP contribution in [0.1, 0.15) is 6.92 Å². The molecular formula is C6H11NO2. The van der Waals surface area contributed by atoms with Crippen molar-refractivity contribution >= 4 is 5.91 Å². The highest BCUT2D eigenvalue weighted by Gasteiger charge is 2.27. The van der Waals surface area contributed by atoms with Crippen LogP contribution in [0.15, 0.2) is 0 Å². The van der Waals surface area contributed by atoms with Crippen LogP contribution in [0.4, 0.5) is 0 Å². The van der Waals surface area contributed by atoms with Gasteiger partial charge >= 0.3 is 0 Å². The molecule has 9 heavy (non-hydrogen) atoms. The fourth-order valence-corrected chi connectivity index (χ4v) is 0.942. The fourth-order valence-electron chi connectivity index (χ4n) is 0.942. The Morgan fingerprint density at radius 2 is 2.33 bits per heavy atom. The molecule has 0 radical (unpaired) electrons. The van der Waals surface area contributed by atoms with Gasteiger partial charge in [0.2, 0.25) is 5.91 Å². The quantitative estimate of drug-likeness (QED) is 0.516. The predicted molar refractivity (Wildman–Crippen MR) is 32.8 cm³/mol. The molecule has 0 spiro atoms. The van der Waals surface area contributed by atoms with E-state index in [9.17, 15) is 4.79 Å². The minimum atomic E-state index is 0.111. The van der Waals surface area contributed by atoms with E-state index in [2.05, 4.69) is 0 Å². The Morgan fingerprint density at radius 3 is 2.67 bits per heavy atom. The first-order valence-corrected chi connectivity index (χ1v) is 3.10. The normalized spacial score (nSPS) is 19.6. The molecule has 52 valence electrons. The van der Waals surface area contributed by atoms with Gasteiger partial charge in [-0.05, 0) is 0 Å². The molecule has 0 atom stereocenters. The maximum absolute atomic E-state index is 10.5. The van der Waals surface area contributed by atoms with Crippen molar-refractivity contribution in [1.29, 1.82) is 0 Å². The zero-order valence-corrected chi connectivity index (χ0v) is 5.50. The summed E-state index contributed by atoms with van der Waals surface area (Å²) in [7, 11) is 0. The maximum atomic E-state index is 10.5. The van der Waals surface area contributed by atoms with Gasteiger partial charge in [-0.1, -0.05) is 0 Å². The zero-order chi connectivity index (χ0) is 6.85. The maximum Gasteiger partial charge on any atom is 0.219 e. The first kappa shape index (κ1) is 6.55. The van der Waals surface area contributed by atoms with Crippen LogP contribution in [0.25, 0.3) is 0 Å². The standard InChI is InChI=1S/C6H11NO2/c1-5(9)7-2-6(3-7)4-8/h6,8H,2-4H2,1H3. The monoisotopic (exact) mass is 129 g/mol. The van der Waals surface area contributed by atoms with Crippen molar-refractivity contribution in [3.8, 4) is 0 Å². The van der Waals surface area contributed by atoms with Crippen LogP contribution in [0.2, 0.25) is 0 Å². The van der Waals surface area contributed by atoms with Gasteiger partial charge in [-0.2, -0.15) is 0 Å². The van der Waals surface area contributed by atoms with Gasteiger partial charge < -0.3 is 10.0 Å². The number of hydrogen-bond donors (Lipinski definition) is 1. The lowest BCUT2D eigenvalue weighted by Crippen LogP contribution is -2.50. The highest BCUT2D eigenvalue weighted by Crippen LogP contribution is 2.13. The number of aliphatic hydroxyl groups excluding tert-OH is 1. The third kappa shape index (κ3) is 1.21.